The number of carboxylic acids is 1. The molecule has 1 rings (SSSR count). The molecule has 0 aliphatic heterocycles. The molecule has 0 aromatic heterocycles. The summed E-state index contributed by atoms with van der Waals surface area (Å²) >= 11 is 7.09. The largest absolute Gasteiger partial charge is 0.497 e. The molecular formula is C11H11ClO4S. The van der Waals surface area contributed by atoms with Gasteiger partial charge < -0.3 is 9.84 Å². The SMILES string of the molecule is COc1cc(Cl)cc(SCC(=O)CC(=O)O)c1. The van der Waals surface area contributed by atoms with Crippen LogP contribution in [0.2, 0.25) is 5.02 Å². The van der Waals surface area contributed by atoms with E-state index in [0.29, 0.717) is 10.8 Å². The van der Waals surface area contributed by atoms with Crippen LogP contribution in [0.15, 0.2) is 23.1 Å². The molecule has 92 valence electrons. The fourth-order valence-electron chi connectivity index (χ4n) is 1.12. The van der Waals surface area contributed by atoms with Gasteiger partial charge in [-0.1, -0.05) is 11.6 Å². The maximum absolute atomic E-state index is 11.2. The highest BCUT2D eigenvalue weighted by atomic mass is 35.5. The summed E-state index contributed by atoms with van der Waals surface area (Å²) in [5.41, 5.74) is 0. The molecule has 17 heavy (non-hydrogen) atoms. The summed E-state index contributed by atoms with van der Waals surface area (Å²) < 4.78 is 5.03. The lowest BCUT2D eigenvalue weighted by molar-refractivity contribution is -0.139. The van der Waals surface area contributed by atoms with E-state index in [2.05, 4.69) is 0 Å². The minimum atomic E-state index is -1.11. The number of thioether (sulfide) groups is 1. The molecule has 0 unspecified atom stereocenters. The maximum atomic E-state index is 11.2. The van der Waals surface area contributed by atoms with Gasteiger partial charge in [-0.15, -0.1) is 11.8 Å². The second kappa shape index (κ2) is 6.51. The van der Waals surface area contributed by atoms with E-state index in [1.165, 1.54) is 18.9 Å². The van der Waals surface area contributed by atoms with Crippen molar-refractivity contribution in [3.63, 3.8) is 0 Å². The summed E-state index contributed by atoms with van der Waals surface area (Å²) in [6.07, 6.45) is -0.454. The number of hydrogen-bond donors (Lipinski definition) is 1. The third-order valence-electron chi connectivity index (χ3n) is 1.83. The smallest absolute Gasteiger partial charge is 0.310 e. The molecule has 1 aromatic rings. The fourth-order valence-corrected chi connectivity index (χ4v) is 2.25. The number of hydrogen-bond acceptors (Lipinski definition) is 4. The van der Waals surface area contributed by atoms with E-state index in [0.717, 1.165) is 4.90 Å². The van der Waals surface area contributed by atoms with Crippen molar-refractivity contribution in [3.05, 3.63) is 23.2 Å². The van der Waals surface area contributed by atoms with Crippen molar-refractivity contribution in [1.29, 1.82) is 0 Å². The molecular weight excluding hydrogens is 264 g/mol. The minimum absolute atomic E-state index is 0.107. The van der Waals surface area contributed by atoms with Crippen LogP contribution in [0.5, 0.6) is 5.75 Å². The molecule has 0 amide bonds. The third-order valence-corrected chi connectivity index (χ3v) is 3.08. The Morgan fingerprint density at radius 2 is 2.12 bits per heavy atom. The highest BCUT2D eigenvalue weighted by Gasteiger charge is 2.09. The molecule has 0 bridgehead atoms. The number of methoxy groups -OCH3 is 1. The Kier molecular flexibility index (Phi) is 5.31. The number of ether oxygens (including phenoxy) is 1. The van der Waals surface area contributed by atoms with E-state index in [4.69, 9.17) is 21.4 Å². The summed E-state index contributed by atoms with van der Waals surface area (Å²) in [5.74, 6) is -0.734. The molecule has 1 aromatic carbocycles. The lowest BCUT2D eigenvalue weighted by atomic mass is 10.3. The van der Waals surface area contributed by atoms with E-state index >= 15 is 0 Å². The Morgan fingerprint density at radius 3 is 2.71 bits per heavy atom. The van der Waals surface area contributed by atoms with Crippen LogP contribution in [0, 0.1) is 0 Å². The number of carbonyl (C=O) groups is 2. The van der Waals surface area contributed by atoms with Gasteiger partial charge in [-0.25, -0.2) is 0 Å². The van der Waals surface area contributed by atoms with Gasteiger partial charge in [0.15, 0.2) is 5.78 Å². The van der Waals surface area contributed by atoms with Crippen molar-refractivity contribution in [2.75, 3.05) is 12.9 Å². The first-order valence-electron chi connectivity index (χ1n) is 4.72. The molecule has 0 aliphatic rings. The molecule has 6 heteroatoms. The van der Waals surface area contributed by atoms with Crippen LogP contribution >= 0.6 is 23.4 Å². The Morgan fingerprint density at radius 1 is 1.41 bits per heavy atom. The average molecular weight is 275 g/mol. The summed E-state index contributed by atoms with van der Waals surface area (Å²) in [4.78, 5) is 22.3. The van der Waals surface area contributed by atoms with Crippen LogP contribution in [-0.4, -0.2) is 29.7 Å². The number of halogens is 1. The molecule has 4 nitrogen and oxygen atoms in total. The van der Waals surface area contributed by atoms with Gasteiger partial charge in [0.2, 0.25) is 0 Å². The highest BCUT2D eigenvalue weighted by molar-refractivity contribution is 8.00. The molecule has 0 atom stereocenters. The van der Waals surface area contributed by atoms with Crippen LogP contribution in [-0.2, 0) is 9.59 Å². The van der Waals surface area contributed by atoms with Crippen molar-refractivity contribution >= 4 is 35.1 Å². The van der Waals surface area contributed by atoms with Gasteiger partial charge in [0.05, 0.1) is 12.9 Å². The Hall–Kier alpha value is -1.20. The summed E-state index contributed by atoms with van der Waals surface area (Å²) in [6.45, 7) is 0. The van der Waals surface area contributed by atoms with E-state index < -0.39 is 12.4 Å². The zero-order chi connectivity index (χ0) is 12.8. The predicted octanol–water partition coefficient (Wildman–Crippen LogP) is 2.48. The zero-order valence-electron chi connectivity index (χ0n) is 9.10. The molecule has 1 N–H and O–H groups in total. The summed E-state index contributed by atoms with van der Waals surface area (Å²) in [7, 11) is 1.52. The molecule has 0 aliphatic carbocycles. The topological polar surface area (TPSA) is 63.6 Å². The average Bonchev–Trinajstić information content (AvgIpc) is 2.24. The number of ketones is 1. The van der Waals surface area contributed by atoms with Crippen LogP contribution in [0.25, 0.3) is 0 Å². The van der Waals surface area contributed by atoms with Crippen LogP contribution in [0.1, 0.15) is 6.42 Å². The third kappa shape index (κ3) is 5.10. The van der Waals surface area contributed by atoms with Crippen LogP contribution < -0.4 is 4.74 Å². The van der Waals surface area contributed by atoms with Crippen LogP contribution in [0.3, 0.4) is 0 Å². The quantitative estimate of drug-likeness (QED) is 0.638. The highest BCUT2D eigenvalue weighted by Crippen LogP contribution is 2.27. The van der Waals surface area contributed by atoms with Gasteiger partial charge in [0, 0.05) is 9.92 Å². The Bertz CT molecular complexity index is 433. The lowest BCUT2D eigenvalue weighted by Gasteiger charge is -2.04. The van der Waals surface area contributed by atoms with Crippen molar-refractivity contribution < 1.29 is 19.4 Å². The first-order chi connectivity index (χ1) is 8.01. The van der Waals surface area contributed by atoms with Gasteiger partial charge >= 0.3 is 5.97 Å². The number of carboxylic acid groups (broad SMARTS) is 1. The fraction of sp³-hybridized carbons (Fsp3) is 0.273. The van der Waals surface area contributed by atoms with Crippen molar-refractivity contribution in [2.24, 2.45) is 0 Å². The minimum Gasteiger partial charge on any atom is -0.497 e. The lowest BCUT2D eigenvalue weighted by Crippen LogP contribution is -2.08. The monoisotopic (exact) mass is 274 g/mol. The van der Waals surface area contributed by atoms with E-state index in [9.17, 15) is 9.59 Å². The number of rotatable bonds is 6. The van der Waals surface area contributed by atoms with Crippen LogP contribution in [0.4, 0.5) is 0 Å². The number of aliphatic carboxylic acids is 1. The molecule has 0 saturated carbocycles. The van der Waals surface area contributed by atoms with E-state index in [1.807, 2.05) is 0 Å². The number of Topliss-reactive ketones (excluding diaryl/α,β-unsaturated/α-hetero) is 1. The van der Waals surface area contributed by atoms with Crippen molar-refractivity contribution in [2.45, 2.75) is 11.3 Å². The molecule has 0 saturated heterocycles. The standard InChI is InChI=1S/C11H11ClO4S/c1-16-9-2-7(12)3-10(5-9)17-6-8(13)4-11(14)15/h2-3,5H,4,6H2,1H3,(H,14,15). The second-order valence-corrected chi connectivity index (χ2v) is 4.71. The van der Waals surface area contributed by atoms with Gasteiger partial charge in [0.25, 0.3) is 0 Å². The predicted molar refractivity (Wildman–Crippen MR) is 66.0 cm³/mol. The Balaban J connectivity index is 2.60. The number of benzene rings is 1. The van der Waals surface area contributed by atoms with Crippen molar-refractivity contribution in [3.8, 4) is 5.75 Å². The molecule has 0 radical (unpaired) electrons. The van der Waals surface area contributed by atoms with E-state index in [-0.39, 0.29) is 11.5 Å². The first kappa shape index (κ1) is 13.9. The van der Waals surface area contributed by atoms with Gasteiger partial charge in [0.1, 0.15) is 12.2 Å². The van der Waals surface area contributed by atoms with E-state index in [1.54, 1.807) is 18.2 Å². The molecule has 0 fully saturated rings. The molecule has 0 spiro atoms. The van der Waals surface area contributed by atoms with Crippen molar-refractivity contribution in [1.82, 2.24) is 0 Å². The Labute approximate surface area is 108 Å². The zero-order valence-corrected chi connectivity index (χ0v) is 10.7. The first-order valence-corrected chi connectivity index (χ1v) is 6.08. The van der Waals surface area contributed by atoms with Gasteiger partial charge in [-0.2, -0.15) is 0 Å². The maximum Gasteiger partial charge on any atom is 0.310 e. The van der Waals surface area contributed by atoms with Gasteiger partial charge in [-0.05, 0) is 18.2 Å². The summed E-state index contributed by atoms with van der Waals surface area (Å²) in [5, 5.41) is 8.95. The summed E-state index contributed by atoms with van der Waals surface area (Å²) in [6, 6.07) is 5.10. The van der Waals surface area contributed by atoms with Gasteiger partial charge in [-0.3, -0.25) is 9.59 Å². The second-order valence-electron chi connectivity index (χ2n) is 3.22. The normalized spacial score (nSPS) is 10.0. The molecule has 0 heterocycles. The number of carbonyl (C=O) groups excluding carboxylic acids is 1.